The van der Waals surface area contributed by atoms with Crippen LogP contribution in [-0.2, 0) is 4.79 Å². The molecule has 17 heavy (non-hydrogen) atoms. The van der Waals surface area contributed by atoms with Gasteiger partial charge >= 0.3 is 5.97 Å². The molecule has 0 spiro atoms. The lowest BCUT2D eigenvalue weighted by molar-refractivity contribution is -0.118. The Labute approximate surface area is 103 Å². The molecule has 1 rings (SSSR count). The normalized spacial score (nSPS) is 9.76. The molecule has 1 aromatic heterocycles. The van der Waals surface area contributed by atoms with E-state index >= 15 is 0 Å². The Balaban J connectivity index is 2.65. The van der Waals surface area contributed by atoms with Crippen LogP contribution in [0.4, 0.5) is 5.82 Å². The van der Waals surface area contributed by atoms with Crippen LogP contribution in [0.15, 0.2) is 12.1 Å². The molecule has 0 saturated heterocycles. The number of aromatic nitrogens is 1. The van der Waals surface area contributed by atoms with Crippen LogP contribution in [0.2, 0.25) is 5.15 Å². The van der Waals surface area contributed by atoms with Crippen molar-refractivity contribution in [2.45, 2.75) is 6.92 Å². The van der Waals surface area contributed by atoms with E-state index in [1.165, 1.54) is 19.1 Å². The molecular formula is C10H12ClN3O3. The highest BCUT2D eigenvalue weighted by Crippen LogP contribution is 2.16. The van der Waals surface area contributed by atoms with Crippen LogP contribution in [0, 0.1) is 0 Å². The van der Waals surface area contributed by atoms with Gasteiger partial charge in [-0.3, -0.25) is 4.79 Å². The highest BCUT2D eigenvalue weighted by Gasteiger charge is 2.11. The minimum Gasteiger partial charge on any atom is -0.478 e. The molecule has 0 bridgehead atoms. The number of carboxylic acids is 1. The number of nitrogens with zero attached hydrogens (tertiary/aromatic N) is 1. The summed E-state index contributed by atoms with van der Waals surface area (Å²) in [7, 11) is 0. The van der Waals surface area contributed by atoms with E-state index in [4.69, 9.17) is 16.7 Å². The molecule has 0 atom stereocenters. The zero-order valence-electron chi connectivity index (χ0n) is 9.16. The fourth-order valence-electron chi connectivity index (χ4n) is 1.16. The van der Waals surface area contributed by atoms with E-state index < -0.39 is 5.97 Å². The molecule has 1 aromatic rings. The summed E-state index contributed by atoms with van der Waals surface area (Å²) in [5, 5.41) is 14.5. The average molecular weight is 258 g/mol. The predicted octanol–water partition coefficient (Wildman–Crippen LogP) is 0.981. The quantitative estimate of drug-likeness (QED) is 0.540. The fourth-order valence-corrected chi connectivity index (χ4v) is 1.31. The maximum absolute atomic E-state index is 10.9. The highest BCUT2D eigenvalue weighted by molar-refractivity contribution is 6.29. The fraction of sp³-hybridized carbons (Fsp3) is 0.300. The Morgan fingerprint density at radius 2 is 2.12 bits per heavy atom. The molecule has 0 fully saturated rings. The molecule has 3 N–H and O–H groups in total. The molecule has 0 saturated carbocycles. The minimum absolute atomic E-state index is 0.0391. The molecule has 1 amide bonds. The van der Waals surface area contributed by atoms with Crippen molar-refractivity contribution in [1.29, 1.82) is 0 Å². The van der Waals surface area contributed by atoms with Crippen molar-refractivity contribution in [2.24, 2.45) is 0 Å². The van der Waals surface area contributed by atoms with Crippen LogP contribution >= 0.6 is 11.6 Å². The van der Waals surface area contributed by atoms with Crippen molar-refractivity contribution in [2.75, 3.05) is 18.4 Å². The molecule has 0 aliphatic rings. The first-order valence-corrected chi connectivity index (χ1v) is 5.26. The summed E-state index contributed by atoms with van der Waals surface area (Å²) in [5.41, 5.74) is 0.0391. The van der Waals surface area contributed by atoms with Gasteiger partial charge in [0.1, 0.15) is 16.5 Å². The molecular weight excluding hydrogens is 246 g/mol. The topological polar surface area (TPSA) is 91.3 Å². The van der Waals surface area contributed by atoms with Crippen LogP contribution in [-0.4, -0.2) is 35.1 Å². The van der Waals surface area contributed by atoms with Gasteiger partial charge in [0, 0.05) is 20.0 Å². The van der Waals surface area contributed by atoms with Crippen LogP contribution in [0.1, 0.15) is 17.3 Å². The summed E-state index contributed by atoms with van der Waals surface area (Å²) in [5.74, 6) is -1.05. The Kier molecular flexibility index (Phi) is 4.71. The van der Waals surface area contributed by atoms with Crippen molar-refractivity contribution in [3.63, 3.8) is 0 Å². The number of aromatic carboxylic acids is 1. The number of carboxylic acid groups (broad SMARTS) is 1. The van der Waals surface area contributed by atoms with Gasteiger partial charge in [0.25, 0.3) is 0 Å². The largest absolute Gasteiger partial charge is 0.478 e. The van der Waals surface area contributed by atoms with E-state index in [9.17, 15) is 9.59 Å². The van der Waals surface area contributed by atoms with Gasteiger partial charge in [-0.25, -0.2) is 9.78 Å². The number of hydrogen-bond donors (Lipinski definition) is 3. The van der Waals surface area contributed by atoms with Gasteiger partial charge in [0.2, 0.25) is 5.91 Å². The second kappa shape index (κ2) is 6.05. The Morgan fingerprint density at radius 1 is 1.41 bits per heavy atom. The van der Waals surface area contributed by atoms with Crippen LogP contribution in [0.25, 0.3) is 0 Å². The van der Waals surface area contributed by atoms with Gasteiger partial charge in [-0.2, -0.15) is 0 Å². The number of carbonyl (C=O) groups excluding carboxylic acids is 1. The third kappa shape index (κ3) is 4.28. The molecule has 0 aliphatic carbocycles. The highest BCUT2D eigenvalue weighted by atomic mass is 35.5. The number of nitrogens with one attached hydrogen (secondary N) is 2. The number of pyridine rings is 1. The van der Waals surface area contributed by atoms with Gasteiger partial charge in [-0.15, -0.1) is 0 Å². The lowest BCUT2D eigenvalue weighted by Gasteiger charge is -2.08. The summed E-state index contributed by atoms with van der Waals surface area (Å²) in [6.07, 6.45) is 0. The molecule has 0 aromatic carbocycles. The Bertz CT molecular complexity index is 437. The summed E-state index contributed by atoms with van der Waals surface area (Å²) in [6.45, 7) is 2.15. The molecule has 0 unspecified atom stereocenters. The zero-order chi connectivity index (χ0) is 12.8. The molecule has 92 valence electrons. The lowest BCUT2D eigenvalue weighted by atomic mass is 10.2. The summed E-state index contributed by atoms with van der Waals surface area (Å²) < 4.78 is 0. The smallest absolute Gasteiger partial charge is 0.339 e. The number of anilines is 1. The van der Waals surface area contributed by atoms with Crippen molar-refractivity contribution in [3.05, 3.63) is 22.8 Å². The summed E-state index contributed by atoms with van der Waals surface area (Å²) >= 11 is 5.67. The Hall–Kier alpha value is -1.82. The SMILES string of the molecule is CC(=O)NCCNc1nc(Cl)ccc1C(=O)O. The van der Waals surface area contributed by atoms with Crippen molar-refractivity contribution >= 4 is 29.3 Å². The summed E-state index contributed by atoms with van der Waals surface area (Å²) in [6, 6.07) is 2.78. The third-order valence-electron chi connectivity index (χ3n) is 1.88. The van der Waals surface area contributed by atoms with Crippen LogP contribution in [0.3, 0.4) is 0 Å². The van der Waals surface area contributed by atoms with Gasteiger partial charge < -0.3 is 15.7 Å². The number of halogens is 1. The van der Waals surface area contributed by atoms with E-state index in [1.54, 1.807) is 0 Å². The van der Waals surface area contributed by atoms with E-state index in [0.29, 0.717) is 13.1 Å². The van der Waals surface area contributed by atoms with E-state index in [1.807, 2.05) is 0 Å². The maximum atomic E-state index is 10.9. The summed E-state index contributed by atoms with van der Waals surface area (Å²) in [4.78, 5) is 25.4. The number of amides is 1. The molecule has 1 heterocycles. The first kappa shape index (κ1) is 13.2. The van der Waals surface area contributed by atoms with Crippen molar-refractivity contribution in [3.8, 4) is 0 Å². The molecule has 7 heteroatoms. The lowest BCUT2D eigenvalue weighted by Crippen LogP contribution is -2.26. The molecule has 0 aliphatic heterocycles. The number of rotatable bonds is 5. The van der Waals surface area contributed by atoms with Gasteiger partial charge in [0.05, 0.1) is 0 Å². The van der Waals surface area contributed by atoms with Gasteiger partial charge in [0.15, 0.2) is 0 Å². The van der Waals surface area contributed by atoms with Gasteiger partial charge in [-0.1, -0.05) is 11.6 Å². The Morgan fingerprint density at radius 3 is 2.71 bits per heavy atom. The second-order valence-electron chi connectivity index (χ2n) is 3.25. The average Bonchev–Trinajstić information content (AvgIpc) is 2.23. The monoisotopic (exact) mass is 257 g/mol. The maximum Gasteiger partial charge on any atom is 0.339 e. The first-order chi connectivity index (χ1) is 8.00. The standard InChI is InChI=1S/C10H12ClN3O3/c1-6(15)12-4-5-13-9-7(10(16)17)2-3-8(11)14-9/h2-3H,4-5H2,1H3,(H,12,15)(H,13,14)(H,16,17). The van der Waals surface area contributed by atoms with E-state index in [-0.39, 0.29) is 22.4 Å². The van der Waals surface area contributed by atoms with Crippen LogP contribution in [0.5, 0.6) is 0 Å². The van der Waals surface area contributed by atoms with Crippen LogP contribution < -0.4 is 10.6 Å². The molecule has 0 radical (unpaired) electrons. The zero-order valence-corrected chi connectivity index (χ0v) is 9.91. The second-order valence-corrected chi connectivity index (χ2v) is 3.63. The van der Waals surface area contributed by atoms with Crippen molar-refractivity contribution in [1.82, 2.24) is 10.3 Å². The molecule has 6 nitrogen and oxygen atoms in total. The van der Waals surface area contributed by atoms with E-state index in [2.05, 4.69) is 15.6 Å². The number of hydrogen-bond acceptors (Lipinski definition) is 4. The van der Waals surface area contributed by atoms with E-state index in [0.717, 1.165) is 0 Å². The minimum atomic E-state index is -1.09. The first-order valence-electron chi connectivity index (χ1n) is 4.89. The van der Waals surface area contributed by atoms with Gasteiger partial charge in [-0.05, 0) is 12.1 Å². The third-order valence-corrected chi connectivity index (χ3v) is 2.09. The predicted molar refractivity (Wildman–Crippen MR) is 63.4 cm³/mol. The van der Waals surface area contributed by atoms with Crippen molar-refractivity contribution < 1.29 is 14.7 Å². The number of carbonyl (C=O) groups is 2.